The second-order valence-electron chi connectivity index (χ2n) is 5.88. The predicted molar refractivity (Wildman–Crippen MR) is 86.3 cm³/mol. The lowest BCUT2D eigenvalue weighted by atomic mass is 10.0. The molecule has 1 atom stereocenters. The van der Waals surface area contributed by atoms with Crippen LogP contribution in [0.3, 0.4) is 0 Å². The van der Waals surface area contributed by atoms with Crippen LogP contribution in [0.25, 0.3) is 0 Å². The topological polar surface area (TPSA) is 72.2 Å². The van der Waals surface area contributed by atoms with E-state index < -0.39 is 47.7 Å². The van der Waals surface area contributed by atoms with Crippen LogP contribution in [0.4, 0.5) is 22.0 Å². The van der Waals surface area contributed by atoms with Gasteiger partial charge in [0, 0.05) is 12.5 Å². The zero-order chi connectivity index (χ0) is 20.2. The molecule has 27 heavy (non-hydrogen) atoms. The quantitative estimate of drug-likeness (QED) is 0.750. The highest BCUT2D eigenvalue weighted by Crippen LogP contribution is 2.29. The number of alkyl halides is 3. The fourth-order valence-corrected chi connectivity index (χ4v) is 2.43. The fraction of sp³-hybridized carbons (Fsp3) is 0.222. The van der Waals surface area contributed by atoms with Gasteiger partial charge in [0.1, 0.15) is 17.7 Å². The van der Waals surface area contributed by atoms with Crippen molar-refractivity contribution < 1.29 is 31.5 Å². The lowest BCUT2D eigenvalue weighted by Gasteiger charge is -2.16. The number of nitrogens with two attached hydrogens (primary N) is 1. The van der Waals surface area contributed by atoms with Gasteiger partial charge in [0.25, 0.3) is 0 Å². The smallest absolute Gasteiger partial charge is 0.368 e. The highest BCUT2D eigenvalue weighted by atomic mass is 19.4. The summed E-state index contributed by atoms with van der Waals surface area (Å²) >= 11 is 0. The zero-order valence-corrected chi connectivity index (χ0v) is 13.8. The van der Waals surface area contributed by atoms with Crippen LogP contribution in [0.5, 0.6) is 0 Å². The molecule has 0 fully saturated rings. The molecule has 0 saturated carbocycles. The zero-order valence-electron chi connectivity index (χ0n) is 13.8. The first kappa shape index (κ1) is 20.3. The Bertz CT molecular complexity index is 814. The van der Waals surface area contributed by atoms with Gasteiger partial charge in [0.15, 0.2) is 0 Å². The first-order valence-corrected chi connectivity index (χ1v) is 7.74. The van der Waals surface area contributed by atoms with Gasteiger partial charge in [0.2, 0.25) is 11.8 Å². The molecule has 2 rings (SSSR count). The van der Waals surface area contributed by atoms with Crippen LogP contribution in [0.15, 0.2) is 42.5 Å². The first-order valence-electron chi connectivity index (χ1n) is 7.74. The molecule has 0 aliphatic carbocycles. The molecule has 2 aromatic rings. The van der Waals surface area contributed by atoms with Crippen molar-refractivity contribution in [3.63, 3.8) is 0 Å². The van der Waals surface area contributed by atoms with E-state index in [-0.39, 0.29) is 12.0 Å². The van der Waals surface area contributed by atoms with Gasteiger partial charge in [-0.25, -0.2) is 8.78 Å². The molecular formula is C18H15F5N2O2. The number of rotatable bonds is 6. The van der Waals surface area contributed by atoms with Crippen molar-refractivity contribution >= 4 is 11.8 Å². The monoisotopic (exact) mass is 386 g/mol. The third-order valence-corrected chi connectivity index (χ3v) is 3.69. The molecule has 3 N–H and O–H groups in total. The van der Waals surface area contributed by atoms with Gasteiger partial charge < -0.3 is 11.1 Å². The number of carbonyl (C=O) groups excluding carboxylic acids is 2. The van der Waals surface area contributed by atoms with Gasteiger partial charge >= 0.3 is 6.18 Å². The third-order valence-electron chi connectivity index (χ3n) is 3.69. The second kappa shape index (κ2) is 8.15. The Balaban J connectivity index is 2.04. The van der Waals surface area contributed by atoms with E-state index in [0.717, 1.165) is 24.3 Å². The fourth-order valence-electron chi connectivity index (χ4n) is 2.43. The van der Waals surface area contributed by atoms with Crippen LogP contribution in [-0.4, -0.2) is 17.9 Å². The highest BCUT2D eigenvalue weighted by molar-refractivity contribution is 5.87. The predicted octanol–water partition coefficient (Wildman–Crippen LogP) is 2.74. The van der Waals surface area contributed by atoms with E-state index >= 15 is 0 Å². The summed E-state index contributed by atoms with van der Waals surface area (Å²) in [5.74, 6) is -3.31. The van der Waals surface area contributed by atoms with Crippen molar-refractivity contribution in [2.45, 2.75) is 25.1 Å². The standard InChI is InChI=1S/C18H15F5N2O2/c19-13-5-11(6-14(20)9-13)8-16(26)25-15(17(24)27)7-10-1-3-12(4-2-10)18(21,22)23/h1-6,9,15H,7-8H2,(H2,24,27)(H,25,26)/t15-/m0/s1. The van der Waals surface area contributed by atoms with Crippen molar-refractivity contribution in [2.24, 2.45) is 5.73 Å². The van der Waals surface area contributed by atoms with Crippen LogP contribution in [0.1, 0.15) is 16.7 Å². The minimum atomic E-state index is -4.49. The SMILES string of the molecule is NC(=O)[C@H](Cc1ccc(C(F)(F)F)cc1)NC(=O)Cc1cc(F)cc(F)c1. The maximum Gasteiger partial charge on any atom is 0.416 e. The van der Waals surface area contributed by atoms with E-state index in [4.69, 9.17) is 5.73 Å². The van der Waals surface area contributed by atoms with Crippen molar-refractivity contribution in [3.05, 3.63) is 70.8 Å². The van der Waals surface area contributed by atoms with Crippen molar-refractivity contribution in [1.29, 1.82) is 0 Å². The van der Waals surface area contributed by atoms with Gasteiger partial charge in [0.05, 0.1) is 12.0 Å². The number of benzene rings is 2. The summed E-state index contributed by atoms with van der Waals surface area (Å²) < 4.78 is 64.0. The Kier molecular flexibility index (Phi) is 6.14. The number of hydrogen-bond acceptors (Lipinski definition) is 2. The average Bonchev–Trinajstić information content (AvgIpc) is 2.52. The Labute approximate surface area is 151 Å². The molecule has 0 spiro atoms. The lowest BCUT2D eigenvalue weighted by molar-refractivity contribution is -0.137. The largest absolute Gasteiger partial charge is 0.416 e. The molecule has 0 aliphatic rings. The highest BCUT2D eigenvalue weighted by Gasteiger charge is 2.30. The number of amides is 2. The molecule has 2 aromatic carbocycles. The third kappa shape index (κ3) is 6.05. The molecule has 9 heteroatoms. The van der Waals surface area contributed by atoms with Crippen LogP contribution < -0.4 is 11.1 Å². The van der Waals surface area contributed by atoms with Crippen LogP contribution in [-0.2, 0) is 28.6 Å². The van der Waals surface area contributed by atoms with E-state index in [0.29, 0.717) is 11.6 Å². The minimum absolute atomic E-state index is 0.0581. The molecule has 0 aromatic heterocycles. The van der Waals surface area contributed by atoms with Gasteiger partial charge in [-0.15, -0.1) is 0 Å². The van der Waals surface area contributed by atoms with Gasteiger partial charge in [-0.1, -0.05) is 12.1 Å². The van der Waals surface area contributed by atoms with Gasteiger partial charge in [-0.2, -0.15) is 13.2 Å². The number of hydrogen-bond donors (Lipinski definition) is 2. The number of nitrogens with one attached hydrogen (secondary N) is 1. The van der Waals surface area contributed by atoms with Crippen LogP contribution >= 0.6 is 0 Å². The van der Waals surface area contributed by atoms with Gasteiger partial charge in [-0.05, 0) is 35.4 Å². The molecule has 0 unspecified atom stereocenters. The molecule has 0 saturated heterocycles. The molecule has 0 heterocycles. The lowest BCUT2D eigenvalue weighted by Crippen LogP contribution is -2.46. The summed E-state index contributed by atoms with van der Waals surface area (Å²) in [4.78, 5) is 23.5. The summed E-state index contributed by atoms with van der Waals surface area (Å²) in [6, 6.07) is 5.45. The van der Waals surface area contributed by atoms with E-state index in [9.17, 15) is 31.5 Å². The maximum atomic E-state index is 13.1. The summed E-state index contributed by atoms with van der Waals surface area (Å²) in [5, 5.41) is 2.32. The van der Waals surface area contributed by atoms with E-state index in [1.165, 1.54) is 12.1 Å². The van der Waals surface area contributed by atoms with Crippen LogP contribution in [0, 0.1) is 11.6 Å². The second-order valence-corrected chi connectivity index (χ2v) is 5.88. The van der Waals surface area contributed by atoms with Gasteiger partial charge in [-0.3, -0.25) is 9.59 Å². The Hall–Kier alpha value is -2.97. The first-order chi connectivity index (χ1) is 12.5. The summed E-state index contributed by atoms with van der Waals surface area (Å²) in [5.41, 5.74) is 4.78. The average molecular weight is 386 g/mol. The van der Waals surface area contributed by atoms with E-state index in [1.807, 2.05) is 0 Å². The summed E-state index contributed by atoms with van der Waals surface area (Å²) in [6.07, 6.45) is -5.02. The van der Waals surface area contributed by atoms with Crippen molar-refractivity contribution in [1.82, 2.24) is 5.32 Å². The molecule has 2 amide bonds. The molecule has 0 bridgehead atoms. The molecular weight excluding hydrogens is 371 g/mol. The van der Waals surface area contributed by atoms with E-state index in [1.54, 1.807) is 0 Å². The Morgan fingerprint density at radius 1 is 0.963 bits per heavy atom. The minimum Gasteiger partial charge on any atom is -0.368 e. The molecule has 144 valence electrons. The Morgan fingerprint density at radius 2 is 1.52 bits per heavy atom. The number of primary amides is 1. The Morgan fingerprint density at radius 3 is 2.00 bits per heavy atom. The number of halogens is 5. The normalized spacial score (nSPS) is 12.5. The van der Waals surface area contributed by atoms with Crippen molar-refractivity contribution in [2.75, 3.05) is 0 Å². The maximum absolute atomic E-state index is 13.1. The molecule has 0 radical (unpaired) electrons. The number of carbonyl (C=O) groups is 2. The molecule has 4 nitrogen and oxygen atoms in total. The van der Waals surface area contributed by atoms with E-state index in [2.05, 4.69) is 5.32 Å². The van der Waals surface area contributed by atoms with Crippen LogP contribution in [0.2, 0.25) is 0 Å². The summed E-state index contributed by atoms with van der Waals surface area (Å²) in [6.45, 7) is 0. The molecule has 0 aliphatic heterocycles. The summed E-state index contributed by atoms with van der Waals surface area (Å²) in [7, 11) is 0. The van der Waals surface area contributed by atoms with Crippen molar-refractivity contribution in [3.8, 4) is 0 Å².